The van der Waals surface area contributed by atoms with Crippen LogP contribution in [0, 0.1) is 0 Å². The fourth-order valence-electron chi connectivity index (χ4n) is 2.63. The van der Waals surface area contributed by atoms with Crippen molar-refractivity contribution in [1.82, 2.24) is 9.88 Å². The van der Waals surface area contributed by atoms with Gasteiger partial charge in [-0.2, -0.15) is 0 Å². The van der Waals surface area contributed by atoms with Crippen molar-refractivity contribution in [2.24, 2.45) is 0 Å². The van der Waals surface area contributed by atoms with Crippen LogP contribution in [0.3, 0.4) is 0 Å². The molecule has 2 aromatic rings. The summed E-state index contributed by atoms with van der Waals surface area (Å²) in [5.74, 6) is 0.170. The molecule has 1 fully saturated rings. The van der Waals surface area contributed by atoms with Crippen molar-refractivity contribution >= 4 is 27.5 Å². The number of amides is 1. The second-order valence-electron chi connectivity index (χ2n) is 5.74. The first-order chi connectivity index (χ1) is 10.6. The largest absolute Gasteiger partial charge is 0.370 e. The van der Waals surface area contributed by atoms with E-state index in [2.05, 4.69) is 11.1 Å². The summed E-state index contributed by atoms with van der Waals surface area (Å²) in [6.45, 7) is 5.91. The number of morpholine rings is 1. The van der Waals surface area contributed by atoms with Crippen LogP contribution in [0.2, 0.25) is 0 Å². The second kappa shape index (κ2) is 6.73. The summed E-state index contributed by atoms with van der Waals surface area (Å²) in [7, 11) is 1.87. The molecule has 1 N–H and O–H groups in total. The highest BCUT2D eigenvalue weighted by Crippen LogP contribution is 2.28. The number of benzene rings is 1. The number of ether oxygens (including phenoxy) is 1. The molecule has 118 valence electrons. The molecular weight excluding hydrogens is 298 g/mol. The quantitative estimate of drug-likeness (QED) is 0.903. The smallest absolute Gasteiger partial charge is 0.278 e. The van der Waals surface area contributed by atoms with Gasteiger partial charge in [-0.1, -0.05) is 12.1 Å². The summed E-state index contributed by atoms with van der Waals surface area (Å²) in [5.41, 5.74) is 1.01. The van der Waals surface area contributed by atoms with Gasteiger partial charge in [0, 0.05) is 7.05 Å². The average Bonchev–Trinajstić information content (AvgIpc) is 2.98. The zero-order valence-corrected chi connectivity index (χ0v) is 13.9. The standard InChI is InChI=1S/C16H21N3O2S/c1-12(16-17-13-5-3-4-6-14(13)22-16)18(2)15(20)11-19-7-9-21-10-8-19/h3-6,12H,7-11H2,1-2H3/p+1/t12-/m0/s1. The highest BCUT2D eigenvalue weighted by atomic mass is 32.1. The molecule has 0 unspecified atom stereocenters. The SMILES string of the molecule is C[C@@H](c1nc2ccccc2s1)N(C)C(=O)C[NH+]1CCOCC1. The van der Waals surface area contributed by atoms with Gasteiger partial charge in [-0.3, -0.25) is 4.79 Å². The molecule has 2 heterocycles. The summed E-state index contributed by atoms with van der Waals surface area (Å²) < 4.78 is 6.51. The van der Waals surface area contributed by atoms with Crippen LogP contribution in [0.1, 0.15) is 18.0 Å². The molecule has 0 saturated carbocycles. The maximum atomic E-state index is 12.5. The van der Waals surface area contributed by atoms with E-state index in [1.165, 1.54) is 9.60 Å². The molecule has 1 aromatic carbocycles. The molecule has 1 atom stereocenters. The number of carbonyl (C=O) groups is 1. The summed E-state index contributed by atoms with van der Waals surface area (Å²) >= 11 is 1.67. The Balaban J connectivity index is 1.67. The van der Waals surface area contributed by atoms with Gasteiger partial charge >= 0.3 is 0 Å². The predicted octanol–water partition coefficient (Wildman–Crippen LogP) is 0.731. The lowest BCUT2D eigenvalue weighted by Gasteiger charge is -2.27. The molecule has 5 nitrogen and oxygen atoms in total. The van der Waals surface area contributed by atoms with E-state index in [0.29, 0.717) is 6.54 Å². The minimum absolute atomic E-state index is 0.00494. The average molecular weight is 320 g/mol. The molecule has 0 aliphatic carbocycles. The van der Waals surface area contributed by atoms with Crippen LogP contribution in [0.25, 0.3) is 10.2 Å². The molecule has 1 aliphatic rings. The molecule has 0 radical (unpaired) electrons. The van der Waals surface area contributed by atoms with Crippen LogP contribution in [0.15, 0.2) is 24.3 Å². The fraction of sp³-hybridized carbons (Fsp3) is 0.500. The van der Waals surface area contributed by atoms with E-state index in [1.807, 2.05) is 37.1 Å². The predicted molar refractivity (Wildman–Crippen MR) is 87.2 cm³/mol. The van der Waals surface area contributed by atoms with Crippen LogP contribution in [0.4, 0.5) is 0 Å². The van der Waals surface area contributed by atoms with Gasteiger partial charge in [0.1, 0.15) is 18.1 Å². The zero-order chi connectivity index (χ0) is 15.5. The van der Waals surface area contributed by atoms with Crippen molar-refractivity contribution in [1.29, 1.82) is 0 Å². The number of nitrogens with zero attached hydrogens (tertiary/aromatic N) is 2. The Kier molecular flexibility index (Phi) is 4.71. The first-order valence-corrected chi connectivity index (χ1v) is 8.49. The summed E-state index contributed by atoms with van der Waals surface area (Å²) in [6, 6.07) is 8.11. The lowest BCUT2D eigenvalue weighted by molar-refractivity contribution is -0.900. The minimum Gasteiger partial charge on any atom is -0.370 e. The van der Waals surface area contributed by atoms with Gasteiger partial charge in [0.05, 0.1) is 29.5 Å². The number of quaternary nitrogens is 1. The Morgan fingerprint density at radius 3 is 2.86 bits per heavy atom. The van der Waals surface area contributed by atoms with Crippen molar-refractivity contribution in [2.75, 3.05) is 39.9 Å². The lowest BCUT2D eigenvalue weighted by Crippen LogP contribution is -3.15. The first kappa shape index (κ1) is 15.4. The van der Waals surface area contributed by atoms with Gasteiger partial charge < -0.3 is 14.5 Å². The highest BCUT2D eigenvalue weighted by molar-refractivity contribution is 7.18. The van der Waals surface area contributed by atoms with Gasteiger partial charge in [0.15, 0.2) is 6.54 Å². The van der Waals surface area contributed by atoms with Crippen molar-refractivity contribution < 1.29 is 14.4 Å². The summed E-state index contributed by atoms with van der Waals surface area (Å²) in [4.78, 5) is 20.3. The molecule has 1 amide bonds. The fourth-order valence-corrected chi connectivity index (χ4v) is 3.69. The number of likely N-dealkylation sites (N-methyl/N-ethyl adjacent to an activating group) is 1. The third-order valence-corrected chi connectivity index (χ3v) is 5.45. The number of fused-ring (bicyclic) bond motifs is 1. The Morgan fingerprint density at radius 2 is 2.14 bits per heavy atom. The van der Waals surface area contributed by atoms with E-state index in [-0.39, 0.29) is 11.9 Å². The monoisotopic (exact) mass is 320 g/mol. The Bertz CT molecular complexity index is 619. The van der Waals surface area contributed by atoms with E-state index < -0.39 is 0 Å². The minimum atomic E-state index is 0.00494. The van der Waals surface area contributed by atoms with Gasteiger partial charge in [0.25, 0.3) is 5.91 Å². The molecular formula is C16H22N3O2S+. The summed E-state index contributed by atoms with van der Waals surface area (Å²) in [5, 5.41) is 0.994. The molecule has 1 aliphatic heterocycles. The highest BCUT2D eigenvalue weighted by Gasteiger charge is 2.25. The topological polar surface area (TPSA) is 46.9 Å². The number of hydrogen-bond donors (Lipinski definition) is 1. The Morgan fingerprint density at radius 1 is 1.41 bits per heavy atom. The van der Waals surface area contributed by atoms with E-state index >= 15 is 0 Å². The van der Waals surface area contributed by atoms with Crippen molar-refractivity contribution in [3.05, 3.63) is 29.3 Å². The Hall–Kier alpha value is -1.50. The maximum Gasteiger partial charge on any atom is 0.278 e. The molecule has 1 saturated heterocycles. The van der Waals surface area contributed by atoms with Crippen LogP contribution >= 0.6 is 11.3 Å². The number of para-hydroxylation sites is 1. The van der Waals surface area contributed by atoms with Crippen LogP contribution < -0.4 is 4.90 Å². The van der Waals surface area contributed by atoms with E-state index in [0.717, 1.165) is 36.8 Å². The molecule has 1 aromatic heterocycles. The lowest BCUT2D eigenvalue weighted by atomic mass is 10.3. The van der Waals surface area contributed by atoms with E-state index in [1.54, 1.807) is 11.3 Å². The second-order valence-corrected chi connectivity index (χ2v) is 6.80. The third-order valence-electron chi connectivity index (χ3n) is 4.24. The van der Waals surface area contributed by atoms with Crippen LogP contribution in [-0.4, -0.2) is 55.7 Å². The molecule has 22 heavy (non-hydrogen) atoms. The van der Waals surface area contributed by atoms with E-state index in [9.17, 15) is 4.79 Å². The van der Waals surface area contributed by atoms with Crippen molar-refractivity contribution in [2.45, 2.75) is 13.0 Å². The molecule has 3 rings (SSSR count). The zero-order valence-electron chi connectivity index (χ0n) is 13.0. The van der Waals surface area contributed by atoms with Crippen molar-refractivity contribution in [3.63, 3.8) is 0 Å². The van der Waals surface area contributed by atoms with Crippen LogP contribution in [-0.2, 0) is 9.53 Å². The normalized spacial score (nSPS) is 17.5. The number of aromatic nitrogens is 1. The van der Waals surface area contributed by atoms with Crippen LogP contribution in [0.5, 0.6) is 0 Å². The molecule has 0 spiro atoms. The Labute approximate surface area is 134 Å². The third kappa shape index (κ3) is 3.29. The maximum absolute atomic E-state index is 12.5. The van der Waals surface area contributed by atoms with Gasteiger partial charge in [-0.25, -0.2) is 4.98 Å². The summed E-state index contributed by atoms with van der Waals surface area (Å²) in [6.07, 6.45) is 0. The number of hydrogen-bond acceptors (Lipinski definition) is 4. The first-order valence-electron chi connectivity index (χ1n) is 7.67. The molecule has 0 bridgehead atoms. The number of thiazole rings is 1. The number of carbonyl (C=O) groups excluding carboxylic acids is 1. The number of nitrogens with one attached hydrogen (secondary N) is 1. The van der Waals surface area contributed by atoms with Gasteiger partial charge in [-0.05, 0) is 19.1 Å². The van der Waals surface area contributed by atoms with Gasteiger partial charge in [-0.15, -0.1) is 11.3 Å². The van der Waals surface area contributed by atoms with E-state index in [4.69, 9.17) is 4.74 Å². The van der Waals surface area contributed by atoms with Crippen molar-refractivity contribution in [3.8, 4) is 0 Å². The number of rotatable bonds is 4. The molecule has 6 heteroatoms. The van der Waals surface area contributed by atoms with Gasteiger partial charge in [0.2, 0.25) is 0 Å².